The molecule has 1 aromatic heterocycles. The molecule has 2 aromatic carbocycles. The molecule has 0 bridgehead atoms. The summed E-state index contributed by atoms with van der Waals surface area (Å²) < 4.78 is 80.7. The maximum absolute atomic E-state index is 13.6. The van der Waals surface area contributed by atoms with Crippen molar-refractivity contribution in [3.8, 4) is 5.69 Å². The molecule has 0 aliphatic carbocycles. The van der Waals surface area contributed by atoms with Crippen LogP contribution < -0.4 is 0 Å². The molecule has 0 amide bonds. The Hall–Kier alpha value is -2.51. The van der Waals surface area contributed by atoms with E-state index >= 15 is 0 Å². The molecule has 28 heavy (non-hydrogen) atoms. The summed E-state index contributed by atoms with van der Waals surface area (Å²) >= 11 is 0. The minimum Gasteiger partial charge on any atom is -0.288 e. The lowest BCUT2D eigenvalue weighted by atomic mass is 10.0. The Balaban J connectivity index is 2.28. The second kappa shape index (κ2) is 7.14. The van der Waals surface area contributed by atoms with Gasteiger partial charge in [0.2, 0.25) is 5.82 Å². The number of halogens is 6. The van der Waals surface area contributed by atoms with Crippen molar-refractivity contribution >= 4 is 11.0 Å². The van der Waals surface area contributed by atoms with Crippen molar-refractivity contribution in [2.45, 2.75) is 45.5 Å². The van der Waals surface area contributed by atoms with Crippen molar-refractivity contribution in [1.29, 1.82) is 0 Å². The molecule has 1 heterocycles. The molecular weight excluding hydrogens is 382 g/mol. The molecule has 0 spiro atoms. The molecule has 0 aliphatic rings. The average Bonchev–Trinajstić information content (AvgIpc) is 2.99. The first kappa shape index (κ1) is 20.2. The Morgan fingerprint density at radius 1 is 0.964 bits per heavy atom. The molecule has 150 valence electrons. The monoisotopic (exact) mass is 400 g/mol. The fraction of sp³-hybridized carbons (Fsp3) is 0.350. The number of alkyl halides is 6. The van der Waals surface area contributed by atoms with Gasteiger partial charge in [-0.25, -0.2) is 4.98 Å². The van der Waals surface area contributed by atoms with Gasteiger partial charge in [-0.2, -0.15) is 26.3 Å². The summed E-state index contributed by atoms with van der Waals surface area (Å²) in [6, 6.07) is 7.50. The molecule has 0 aliphatic heterocycles. The Bertz CT molecular complexity index is 998. The Labute approximate surface area is 157 Å². The highest BCUT2D eigenvalue weighted by Crippen LogP contribution is 2.37. The largest absolute Gasteiger partial charge is 0.450 e. The lowest BCUT2D eigenvalue weighted by Crippen LogP contribution is -2.15. The van der Waals surface area contributed by atoms with Gasteiger partial charge < -0.3 is 0 Å². The second-order valence-electron chi connectivity index (χ2n) is 6.63. The smallest absolute Gasteiger partial charge is 0.288 e. The predicted molar refractivity (Wildman–Crippen MR) is 94.4 cm³/mol. The third kappa shape index (κ3) is 3.72. The maximum Gasteiger partial charge on any atom is 0.450 e. The zero-order chi connectivity index (χ0) is 20.7. The summed E-state index contributed by atoms with van der Waals surface area (Å²) in [4.78, 5) is 3.51. The molecule has 0 N–H and O–H groups in total. The number of fused-ring (bicyclic) bond motifs is 1. The normalized spacial score (nSPS) is 12.7. The van der Waals surface area contributed by atoms with E-state index in [2.05, 4.69) is 4.98 Å². The van der Waals surface area contributed by atoms with Crippen molar-refractivity contribution in [1.82, 2.24) is 9.55 Å². The number of unbranched alkanes of at least 4 members (excludes halogenated alkanes) is 1. The number of aromatic nitrogens is 2. The van der Waals surface area contributed by atoms with Gasteiger partial charge in [0.05, 0.1) is 22.3 Å². The number of benzene rings is 2. The summed E-state index contributed by atoms with van der Waals surface area (Å²) in [5.74, 6) is -1.24. The third-order valence-electron chi connectivity index (χ3n) is 4.69. The minimum atomic E-state index is -4.82. The standard InChI is InChI=1S/C20H18F6N2/c1-3-4-6-13-7-5-8-16(12(13)2)28-17-10-9-14(19(21,22)23)11-15(17)27-18(28)20(24,25)26/h5,7-11H,3-4,6H2,1-2H3. The van der Waals surface area contributed by atoms with Crippen molar-refractivity contribution < 1.29 is 26.3 Å². The van der Waals surface area contributed by atoms with Gasteiger partial charge in [-0.05, 0) is 55.2 Å². The van der Waals surface area contributed by atoms with Crippen molar-refractivity contribution in [3.63, 3.8) is 0 Å². The van der Waals surface area contributed by atoms with E-state index in [-0.39, 0.29) is 16.7 Å². The van der Waals surface area contributed by atoms with Crippen LogP contribution in [0.15, 0.2) is 36.4 Å². The summed E-state index contributed by atoms with van der Waals surface area (Å²) in [5, 5.41) is 0. The fourth-order valence-electron chi connectivity index (χ4n) is 3.24. The molecular formula is C20H18F6N2. The summed E-state index contributed by atoms with van der Waals surface area (Å²) in [7, 11) is 0. The SMILES string of the molecule is CCCCc1cccc(-n2c(C(F)(F)F)nc3cc(C(F)(F)F)ccc32)c1C. The number of nitrogens with zero attached hydrogens (tertiary/aromatic N) is 2. The van der Waals surface area contributed by atoms with E-state index in [9.17, 15) is 26.3 Å². The zero-order valence-electron chi connectivity index (χ0n) is 15.2. The lowest BCUT2D eigenvalue weighted by Gasteiger charge is -2.16. The van der Waals surface area contributed by atoms with Crippen LogP contribution >= 0.6 is 0 Å². The second-order valence-corrected chi connectivity index (χ2v) is 6.63. The van der Waals surface area contributed by atoms with Gasteiger partial charge in [0.15, 0.2) is 0 Å². The summed E-state index contributed by atoms with van der Waals surface area (Å²) in [6.07, 6.45) is -6.94. The van der Waals surface area contributed by atoms with E-state index in [1.54, 1.807) is 13.0 Å². The van der Waals surface area contributed by atoms with Gasteiger partial charge in [-0.3, -0.25) is 4.57 Å². The first-order chi connectivity index (χ1) is 13.0. The number of imidazole rings is 1. The van der Waals surface area contributed by atoms with Gasteiger partial charge in [-0.1, -0.05) is 25.5 Å². The van der Waals surface area contributed by atoms with E-state index < -0.39 is 23.7 Å². The molecule has 0 saturated carbocycles. The first-order valence-electron chi connectivity index (χ1n) is 8.79. The van der Waals surface area contributed by atoms with Gasteiger partial charge in [0, 0.05) is 0 Å². The van der Waals surface area contributed by atoms with Gasteiger partial charge in [0.1, 0.15) is 0 Å². The van der Waals surface area contributed by atoms with Gasteiger partial charge >= 0.3 is 12.4 Å². The van der Waals surface area contributed by atoms with E-state index in [1.165, 1.54) is 6.07 Å². The highest BCUT2D eigenvalue weighted by molar-refractivity contribution is 5.80. The van der Waals surface area contributed by atoms with Crippen LogP contribution in [0.5, 0.6) is 0 Å². The molecule has 3 rings (SSSR count). The molecule has 3 aromatic rings. The van der Waals surface area contributed by atoms with Gasteiger partial charge in [-0.15, -0.1) is 0 Å². The topological polar surface area (TPSA) is 17.8 Å². The van der Waals surface area contributed by atoms with Crippen molar-refractivity contribution in [2.24, 2.45) is 0 Å². The zero-order valence-corrected chi connectivity index (χ0v) is 15.2. The number of hydrogen-bond donors (Lipinski definition) is 0. The van der Waals surface area contributed by atoms with E-state index in [1.807, 2.05) is 13.0 Å². The molecule has 0 atom stereocenters. The number of rotatable bonds is 4. The van der Waals surface area contributed by atoms with Crippen LogP contribution in [0.2, 0.25) is 0 Å². The quantitative estimate of drug-likeness (QED) is 0.445. The summed E-state index contributed by atoms with van der Waals surface area (Å²) in [5.41, 5.74) is 0.424. The Kier molecular flexibility index (Phi) is 5.16. The van der Waals surface area contributed by atoms with Crippen LogP contribution in [0.25, 0.3) is 16.7 Å². The van der Waals surface area contributed by atoms with E-state index in [0.717, 1.165) is 35.1 Å². The van der Waals surface area contributed by atoms with Crippen LogP contribution in [0.4, 0.5) is 26.3 Å². The minimum absolute atomic E-state index is 0.0175. The van der Waals surface area contributed by atoms with E-state index in [0.29, 0.717) is 18.1 Å². The number of hydrogen-bond acceptors (Lipinski definition) is 1. The van der Waals surface area contributed by atoms with Crippen molar-refractivity contribution in [2.75, 3.05) is 0 Å². The third-order valence-corrected chi connectivity index (χ3v) is 4.69. The van der Waals surface area contributed by atoms with Gasteiger partial charge in [0.25, 0.3) is 0 Å². The fourth-order valence-corrected chi connectivity index (χ4v) is 3.24. The average molecular weight is 400 g/mol. The van der Waals surface area contributed by atoms with Crippen LogP contribution in [-0.2, 0) is 18.8 Å². The highest BCUT2D eigenvalue weighted by atomic mass is 19.4. The molecule has 0 unspecified atom stereocenters. The van der Waals surface area contributed by atoms with Crippen LogP contribution in [0.3, 0.4) is 0 Å². The van der Waals surface area contributed by atoms with Crippen LogP contribution in [0.1, 0.15) is 42.3 Å². The molecule has 0 fully saturated rings. The van der Waals surface area contributed by atoms with Crippen LogP contribution in [0, 0.1) is 6.92 Å². The summed E-state index contributed by atoms with van der Waals surface area (Å²) in [6.45, 7) is 3.74. The molecule has 0 saturated heterocycles. The molecule has 2 nitrogen and oxygen atoms in total. The molecule has 8 heteroatoms. The van der Waals surface area contributed by atoms with E-state index in [4.69, 9.17) is 0 Å². The predicted octanol–water partition coefficient (Wildman–Crippen LogP) is 6.71. The Morgan fingerprint density at radius 2 is 1.68 bits per heavy atom. The number of aryl methyl sites for hydroxylation is 1. The van der Waals surface area contributed by atoms with Crippen molar-refractivity contribution in [3.05, 3.63) is 58.9 Å². The highest BCUT2D eigenvalue weighted by Gasteiger charge is 2.39. The lowest BCUT2D eigenvalue weighted by molar-refractivity contribution is -0.145. The van der Waals surface area contributed by atoms with Crippen LogP contribution in [-0.4, -0.2) is 9.55 Å². The Morgan fingerprint density at radius 3 is 2.29 bits per heavy atom. The molecule has 0 radical (unpaired) electrons. The maximum atomic E-state index is 13.6. The first-order valence-corrected chi connectivity index (χ1v) is 8.79.